The van der Waals surface area contributed by atoms with Gasteiger partial charge in [-0.2, -0.15) is 0 Å². The number of hydrogen-bond acceptors (Lipinski definition) is 6. The van der Waals surface area contributed by atoms with Crippen molar-refractivity contribution in [3.8, 4) is 11.5 Å². The molecule has 25 heavy (non-hydrogen) atoms. The Morgan fingerprint density at radius 1 is 1.36 bits per heavy atom. The lowest BCUT2D eigenvalue weighted by Gasteiger charge is -2.31. The molecule has 2 aromatic rings. The minimum absolute atomic E-state index is 0.0276. The summed E-state index contributed by atoms with van der Waals surface area (Å²) in [5, 5.41) is 1.94. The molecule has 0 bridgehead atoms. The second kappa shape index (κ2) is 8.31. The van der Waals surface area contributed by atoms with Gasteiger partial charge in [0.1, 0.15) is 6.61 Å². The fraction of sp³-hybridized carbons (Fsp3) is 0.444. The number of benzene rings is 1. The summed E-state index contributed by atoms with van der Waals surface area (Å²) in [5.41, 5.74) is 8.97. The maximum Gasteiger partial charge on any atom is 0.253 e. The van der Waals surface area contributed by atoms with E-state index in [1.165, 1.54) is 11.3 Å². The molecular formula is C18H23N3O3S. The lowest BCUT2D eigenvalue weighted by Crippen LogP contribution is -2.40. The van der Waals surface area contributed by atoms with Crippen LogP contribution in [0, 0.1) is 5.92 Å². The molecule has 0 spiro atoms. The van der Waals surface area contributed by atoms with Crippen molar-refractivity contribution in [2.24, 2.45) is 11.7 Å². The first kappa shape index (κ1) is 17.7. The van der Waals surface area contributed by atoms with Crippen molar-refractivity contribution in [3.63, 3.8) is 0 Å². The minimum atomic E-state index is 0.0276. The topological polar surface area (TPSA) is 77.7 Å². The van der Waals surface area contributed by atoms with Gasteiger partial charge in [0, 0.05) is 24.0 Å². The second-order valence-corrected chi connectivity index (χ2v) is 6.82. The third-order valence-electron chi connectivity index (χ3n) is 4.50. The molecule has 0 aliphatic carbocycles. The van der Waals surface area contributed by atoms with E-state index >= 15 is 0 Å². The molecule has 1 saturated heterocycles. The summed E-state index contributed by atoms with van der Waals surface area (Å²) in [4.78, 5) is 18.8. The summed E-state index contributed by atoms with van der Waals surface area (Å²) >= 11 is 1.53. The van der Waals surface area contributed by atoms with Gasteiger partial charge in [0.2, 0.25) is 0 Å². The van der Waals surface area contributed by atoms with Gasteiger partial charge in [-0.25, -0.2) is 4.98 Å². The molecule has 1 fully saturated rings. The molecule has 134 valence electrons. The van der Waals surface area contributed by atoms with E-state index in [2.05, 4.69) is 4.98 Å². The standard InChI is InChI=1S/C18H23N3O3S/c1-23-17-8-14(18(22)21-6-4-13(9-19)5-7-21)2-3-16(17)24-10-15-11-25-12-20-15/h2-3,8,11-13H,4-7,9-10,19H2,1H3. The van der Waals surface area contributed by atoms with Gasteiger partial charge in [-0.1, -0.05) is 0 Å². The number of carbonyl (C=O) groups is 1. The lowest BCUT2D eigenvalue weighted by atomic mass is 9.96. The summed E-state index contributed by atoms with van der Waals surface area (Å²) < 4.78 is 11.2. The van der Waals surface area contributed by atoms with E-state index in [1.807, 2.05) is 10.3 Å². The van der Waals surface area contributed by atoms with Crippen molar-refractivity contribution in [2.45, 2.75) is 19.4 Å². The number of aromatic nitrogens is 1. The monoisotopic (exact) mass is 361 g/mol. The average molecular weight is 361 g/mol. The highest BCUT2D eigenvalue weighted by molar-refractivity contribution is 7.07. The Morgan fingerprint density at radius 2 is 2.16 bits per heavy atom. The van der Waals surface area contributed by atoms with Crippen molar-refractivity contribution >= 4 is 17.2 Å². The van der Waals surface area contributed by atoms with Crippen LogP contribution in [-0.2, 0) is 6.61 Å². The molecule has 0 saturated carbocycles. The van der Waals surface area contributed by atoms with E-state index in [4.69, 9.17) is 15.2 Å². The van der Waals surface area contributed by atoms with Crippen molar-refractivity contribution in [3.05, 3.63) is 40.3 Å². The van der Waals surface area contributed by atoms with Crippen LogP contribution < -0.4 is 15.2 Å². The largest absolute Gasteiger partial charge is 0.493 e. The van der Waals surface area contributed by atoms with Crippen molar-refractivity contribution in [1.29, 1.82) is 0 Å². The Kier molecular flexibility index (Phi) is 5.88. The number of rotatable bonds is 6. The molecule has 1 amide bonds. The van der Waals surface area contributed by atoms with E-state index in [-0.39, 0.29) is 5.91 Å². The van der Waals surface area contributed by atoms with Crippen molar-refractivity contribution in [1.82, 2.24) is 9.88 Å². The van der Waals surface area contributed by atoms with Gasteiger partial charge in [0.25, 0.3) is 5.91 Å². The third kappa shape index (κ3) is 4.29. The Balaban J connectivity index is 1.67. The van der Waals surface area contributed by atoms with Gasteiger partial charge in [-0.05, 0) is 43.5 Å². The summed E-state index contributed by atoms with van der Waals surface area (Å²) in [7, 11) is 1.58. The second-order valence-electron chi connectivity index (χ2n) is 6.11. The van der Waals surface area contributed by atoms with Crippen LogP contribution in [0.5, 0.6) is 11.5 Å². The van der Waals surface area contributed by atoms with E-state index in [1.54, 1.807) is 30.8 Å². The predicted octanol–water partition coefficient (Wildman–Crippen LogP) is 2.54. The quantitative estimate of drug-likeness (QED) is 0.855. The number of likely N-dealkylation sites (tertiary alicyclic amines) is 1. The van der Waals surface area contributed by atoms with Gasteiger partial charge >= 0.3 is 0 Å². The molecular weight excluding hydrogens is 338 g/mol. The molecule has 1 aliphatic heterocycles. The number of amides is 1. The van der Waals surface area contributed by atoms with Gasteiger partial charge < -0.3 is 20.1 Å². The van der Waals surface area contributed by atoms with Crippen LogP contribution in [-0.4, -0.2) is 42.5 Å². The maximum atomic E-state index is 12.7. The summed E-state index contributed by atoms with van der Waals surface area (Å²) in [5.74, 6) is 1.71. The highest BCUT2D eigenvalue weighted by atomic mass is 32.1. The fourth-order valence-corrected chi connectivity index (χ4v) is 3.48. The number of nitrogens with two attached hydrogens (primary N) is 1. The molecule has 1 aromatic carbocycles. The highest BCUT2D eigenvalue weighted by Gasteiger charge is 2.23. The predicted molar refractivity (Wildman–Crippen MR) is 97.1 cm³/mol. The zero-order valence-electron chi connectivity index (χ0n) is 14.3. The summed E-state index contributed by atoms with van der Waals surface area (Å²) in [6, 6.07) is 5.31. The Bertz CT molecular complexity index is 698. The van der Waals surface area contributed by atoms with E-state index in [0.29, 0.717) is 36.1 Å². The van der Waals surface area contributed by atoms with E-state index in [0.717, 1.165) is 31.6 Å². The molecule has 0 radical (unpaired) electrons. The molecule has 1 aliphatic rings. The molecule has 6 nitrogen and oxygen atoms in total. The first-order valence-electron chi connectivity index (χ1n) is 8.38. The van der Waals surface area contributed by atoms with Gasteiger partial charge in [0.05, 0.1) is 18.3 Å². The van der Waals surface area contributed by atoms with Crippen LogP contribution >= 0.6 is 11.3 Å². The number of carbonyl (C=O) groups excluding carboxylic acids is 1. The number of methoxy groups -OCH3 is 1. The Morgan fingerprint density at radius 3 is 2.80 bits per heavy atom. The lowest BCUT2D eigenvalue weighted by molar-refractivity contribution is 0.0693. The smallest absolute Gasteiger partial charge is 0.253 e. The molecule has 2 N–H and O–H groups in total. The minimum Gasteiger partial charge on any atom is -0.493 e. The number of ether oxygens (including phenoxy) is 2. The number of hydrogen-bond donors (Lipinski definition) is 1. The van der Waals surface area contributed by atoms with Crippen LogP contribution in [0.2, 0.25) is 0 Å². The highest BCUT2D eigenvalue weighted by Crippen LogP contribution is 2.30. The average Bonchev–Trinajstić information content (AvgIpc) is 3.19. The number of piperidine rings is 1. The fourth-order valence-electron chi connectivity index (χ4n) is 2.93. The Hall–Kier alpha value is -2.12. The molecule has 0 atom stereocenters. The zero-order chi connectivity index (χ0) is 17.6. The van der Waals surface area contributed by atoms with Crippen LogP contribution in [0.4, 0.5) is 0 Å². The van der Waals surface area contributed by atoms with Crippen LogP contribution in [0.15, 0.2) is 29.1 Å². The van der Waals surface area contributed by atoms with Gasteiger partial charge in [-0.3, -0.25) is 4.79 Å². The van der Waals surface area contributed by atoms with E-state index in [9.17, 15) is 4.79 Å². The number of nitrogens with zero attached hydrogens (tertiary/aromatic N) is 2. The molecule has 3 rings (SSSR count). The van der Waals surface area contributed by atoms with Crippen molar-refractivity contribution in [2.75, 3.05) is 26.7 Å². The first-order chi connectivity index (χ1) is 12.2. The van der Waals surface area contributed by atoms with Crippen LogP contribution in [0.1, 0.15) is 28.9 Å². The van der Waals surface area contributed by atoms with Gasteiger partial charge in [0.15, 0.2) is 11.5 Å². The van der Waals surface area contributed by atoms with Crippen LogP contribution in [0.3, 0.4) is 0 Å². The normalized spacial score (nSPS) is 15.2. The zero-order valence-corrected chi connectivity index (χ0v) is 15.1. The van der Waals surface area contributed by atoms with Gasteiger partial charge in [-0.15, -0.1) is 11.3 Å². The molecule has 2 heterocycles. The maximum absolute atomic E-state index is 12.7. The first-order valence-corrected chi connectivity index (χ1v) is 9.32. The molecule has 7 heteroatoms. The van der Waals surface area contributed by atoms with E-state index < -0.39 is 0 Å². The molecule has 0 unspecified atom stereocenters. The molecule has 1 aromatic heterocycles. The Labute approximate surface area is 151 Å². The SMILES string of the molecule is COc1cc(C(=O)N2CCC(CN)CC2)ccc1OCc1cscn1. The third-order valence-corrected chi connectivity index (χ3v) is 5.14. The summed E-state index contributed by atoms with van der Waals surface area (Å²) in [6.45, 7) is 2.58. The number of thiazole rings is 1. The summed E-state index contributed by atoms with van der Waals surface area (Å²) in [6.07, 6.45) is 1.93. The van der Waals surface area contributed by atoms with Crippen molar-refractivity contribution < 1.29 is 14.3 Å². The van der Waals surface area contributed by atoms with Crippen LogP contribution in [0.25, 0.3) is 0 Å².